The van der Waals surface area contributed by atoms with Gasteiger partial charge in [0, 0.05) is 7.11 Å². The van der Waals surface area contributed by atoms with Crippen LogP contribution in [-0.2, 0) is 9.47 Å². The Morgan fingerprint density at radius 2 is 2.00 bits per heavy atom. The molecule has 0 aliphatic heterocycles. The lowest BCUT2D eigenvalue weighted by Crippen LogP contribution is -2.38. The molecule has 12 heavy (non-hydrogen) atoms. The Morgan fingerprint density at radius 1 is 1.42 bits per heavy atom. The van der Waals surface area contributed by atoms with Gasteiger partial charge in [-0.15, -0.1) is 0 Å². The molecular weight excluding hydrogens is 154 g/mol. The van der Waals surface area contributed by atoms with Crippen molar-refractivity contribution in [1.29, 1.82) is 5.41 Å². The van der Waals surface area contributed by atoms with E-state index in [-0.39, 0.29) is 0 Å². The van der Waals surface area contributed by atoms with Gasteiger partial charge in [0.1, 0.15) is 5.60 Å². The molecule has 0 unspecified atom stereocenters. The van der Waals surface area contributed by atoms with Gasteiger partial charge in [0.25, 0.3) is 0 Å². The number of methoxy groups -OCH3 is 1. The van der Waals surface area contributed by atoms with Crippen LogP contribution in [-0.4, -0.2) is 25.2 Å². The van der Waals surface area contributed by atoms with Gasteiger partial charge < -0.3 is 9.47 Å². The first-order valence-corrected chi connectivity index (χ1v) is 4.52. The number of hydrogen-bond donors (Lipinski definition) is 1. The first-order valence-electron chi connectivity index (χ1n) is 4.52. The third-order valence-corrected chi connectivity index (χ3v) is 2.50. The van der Waals surface area contributed by atoms with Gasteiger partial charge in [0.05, 0.1) is 6.61 Å². The highest BCUT2D eigenvalue weighted by atomic mass is 16.5. The van der Waals surface area contributed by atoms with Gasteiger partial charge in [-0.1, -0.05) is 0 Å². The first-order chi connectivity index (χ1) is 5.75. The molecular formula is C9H17NO2. The van der Waals surface area contributed by atoms with Gasteiger partial charge in [0.15, 0.2) is 0 Å². The molecule has 0 heterocycles. The predicted octanol–water partition coefficient (Wildman–Crippen LogP) is 1.96. The summed E-state index contributed by atoms with van der Waals surface area (Å²) in [5.41, 5.74) is -0.393. The van der Waals surface area contributed by atoms with Crippen LogP contribution >= 0.6 is 0 Å². The van der Waals surface area contributed by atoms with E-state index in [2.05, 4.69) is 0 Å². The number of nitrogens with one attached hydrogen (secondary N) is 1. The van der Waals surface area contributed by atoms with Crippen molar-refractivity contribution in [2.24, 2.45) is 0 Å². The Hall–Kier alpha value is -0.570. The van der Waals surface area contributed by atoms with Gasteiger partial charge in [-0.05, 0) is 32.6 Å². The summed E-state index contributed by atoms with van der Waals surface area (Å²) in [6, 6.07) is 0. The highest BCUT2D eigenvalue weighted by Gasteiger charge is 2.39. The molecule has 0 aromatic carbocycles. The molecule has 1 fully saturated rings. The summed E-state index contributed by atoms with van der Waals surface area (Å²) in [4.78, 5) is 0. The molecule has 0 spiro atoms. The van der Waals surface area contributed by atoms with Crippen LogP contribution < -0.4 is 0 Å². The SMILES string of the molecule is CCOC(=N)C1(OC)CCCC1. The van der Waals surface area contributed by atoms with Gasteiger partial charge in [-0.2, -0.15) is 0 Å². The molecule has 1 aliphatic rings. The second-order valence-electron chi connectivity index (χ2n) is 3.17. The molecule has 1 saturated carbocycles. The van der Waals surface area contributed by atoms with Gasteiger partial charge in [-0.3, -0.25) is 5.41 Å². The summed E-state index contributed by atoms with van der Waals surface area (Å²) in [6.45, 7) is 2.46. The predicted molar refractivity (Wildman–Crippen MR) is 47.6 cm³/mol. The maximum absolute atomic E-state index is 7.69. The first kappa shape index (κ1) is 9.52. The highest BCUT2D eigenvalue weighted by molar-refractivity contribution is 5.82. The molecule has 70 valence electrons. The van der Waals surface area contributed by atoms with Crippen molar-refractivity contribution in [2.45, 2.75) is 38.2 Å². The van der Waals surface area contributed by atoms with Crippen LogP contribution in [0.25, 0.3) is 0 Å². The van der Waals surface area contributed by atoms with Crippen molar-refractivity contribution in [2.75, 3.05) is 13.7 Å². The monoisotopic (exact) mass is 171 g/mol. The molecule has 3 heteroatoms. The quantitative estimate of drug-likeness (QED) is 0.521. The molecule has 1 aliphatic carbocycles. The maximum atomic E-state index is 7.69. The van der Waals surface area contributed by atoms with E-state index < -0.39 is 5.60 Å². The number of hydrogen-bond acceptors (Lipinski definition) is 3. The van der Waals surface area contributed by atoms with Crippen LogP contribution in [0.3, 0.4) is 0 Å². The molecule has 0 aromatic heterocycles. The van der Waals surface area contributed by atoms with Crippen molar-refractivity contribution >= 4 is 5.90 Å². The molecule has 3 nitrogen and oxygen atoms in total. The van der Waals surface area contributed by atoms with Crippen molar-refractivity contribution < 1.29 is 9.47 Å². The van der Waals surface area contributed by atoms with Gasteiger partial charge in [-0.25, -0.2) is 0 Å². The molecule has 0 saturated heterocycles. The Labute approximate surface area is 73.6 Å². The average molecular weight is 171 g/mol. The van der Waals surface area contributed by atoms with Crippen LogP contribution in [0.15, 0.2) is 0 Å². The maximum Gasteiger partial charge on any atom is 0.213 e. The average Bonchev–Trinajstić information content (AvgIpc) is 2.54. The summed E-state index contributed by atoms with van der Waals surface area (Å²) in [5.74, 6) is 0.310. The molecule has 1 rings (SSSR count). The molecule has 0 aromatic rings. The summed E-state index contributed by atoms with van der Waals surface area (Å²) in [5, 5.41) is 7.69. The Bertz CT molecular complexity index is 162. The third-order valence-electron chi connectivity index (χ3n) is 2.50. The summed E-state index contributed by atoms with van der Waals surface area (Å²) in [7, 11) is 1.67. The van der Waals surface area contributed by atoms with E-state index in [1.807, 2.05) is 6.92 Å². The Kier molecular flexibility index (Phi) is 3.09. The summed E-state index contributed by atoms with van der Waals surface area (Å²) < 4.78 is 10.5. The minimum atomic E-state index is -0.393. The molecule has 1 N–H and O–H groups in total. The number of rotatable bonds is 3. The molecule has 0 radical (unpaired) electrons. The third kappa shape index (κ3) is 1.61. The number of ether oxygens (including phenoxy) is 2. The second kappa shape index (κ2) is 3.90. The highest BCUT2D eigenvalue weighted by Crippen LogP contribution is 2.33. The standard InChI is InChI=1S/C9H17NO2/c1-3-12-8(10)9(11-2)6-4-5-7-9/h10H,3-7H2,1-2H3. The molecule has 0 bridgehead atoms. The lowest BCUT2D eigenvalue weighted by Gasteiger charge is -2.27. The second-order valence-corrected chi connectivity index (χ2v) is 3.17. The summed E-state index contributed by atoms with van der Waals surface area (Å²) >= 11 is 0. The van der Waals surface area contributed by atoms with Crippen LogP contribution in [0, 0.1) is 5.41 Å². The van der Waals surface area contributed by atoms with E-state index in [1.54, 1.807) is 7.11 Å². The fourth-order valence-corrected chi connectivity index (χ4v) is 1.75. The van der Waals surface area contributed by atoms with Crippen LogP contribution in [0.5, 0.6) is 0 Å². The minimum Gasteiger partial charge on any atom is -0.479 e. The molecule has 0 atom stereocenters. The van der Waals surface area contributed by atoms with Crippen molar-refractivity contribution in [3.05, 3.63) is 0 Å². The van der Waals surface area contributed by atoms with Gasteiger partial charge >= 0.3 is 0 Å². The van der Waals surface area contributed by atoms with E-state index in [4.69, 9.17) is 14.9 Å². The lowest BCUT2D eigenvalue weighted by atomic mass is 10.0. The van der Waals surface area contributed by atoms with E-state index in [0.717, 1.165) is 25.7 Å². The zero-order chi connectivity index (χ0) is 9.03. The largest absolute Gasteiger partial charge is 0.479 e. The van der Waals surface area contributed by atoms with E-state index >= 15 is 0 Å². The van der Waals surface area contributed by atoms with Gasteiger partial charge in [0.2, 0.25) is 5.90 Å². The topological polar surface area (TPSA) is 42.3 Å². The van der Waals surface area contributed by atoms with Crippen molar-refractivity contribution in [3.63, 3.8) is 0 Å². The van der Waals surface area contributed by atoms with Crippen molar-refractivity contribution in [1.82, 2.24) is 0 Å². The molecule has 0 amide bonds. The van der Waals surface area contributed by atoms with Crippen molar-refractivity contribution in [3.8, 4) is 0 Å². The van der Waals surface area contributed by atoms with E-state index in [9.17, 15) is 0 Å². The lowest BCUT2D eigenvalue weighted by molar-refractivity contribution is 0.0326. The Balaban J connectivity index is 2.59. The van der Waals surface area contributed by atoms with E-state index in [0.29, 0.717) is 12.5 Å². The van der Waals surface area contributed by atoms with Crippen LogP contribution in [0.1, 0.15) is 32.6 Å². The Morgan fingerprint density at radius 3 is 2.42 bits per heavy atom. The van der Waals surface area contributed by atoms with E-state index in [1.165, 1.54) is 0 Å². The smallest absolute Gasteiger partial charge is 0.213 e. The fourth-order valence-electron chi connectivity index (χ4n) is 1.75. The minimum absolute atomic E-state index is 0.310. The zero-order valence-corrected chi connectivity index (χ0v) is 7.85. The summed E-state index contributed by atoms with van der Waals surface area (Å²) in [6.07, 6.45) is 4.15. The normalized spacial score (nSPS) is 20.8. The zero-order valence-electron chi connectivity index (χ0n) is 7.85. The van der Waals surface area contributed by atoms with Crippen LogP contribution in [0.2, 0.25) is 0 Å². The van der Waals surface area contributed by atoms with Crippen LogP contribution in [0.4, 0.5) is 0 Å². The fraction of sp³-hybridized carbons (Fsp3) is 0.889.